The minimum Gasteiger partial charge on any atom is -0.496 e. The number of halogens is 3. The van der Waals surface area contributed by atoms with Crippen molar-refractivity contribution in [1.29, 1.82) is 0 Å². The van der Waals surface area contributed by atoms with E-state index in [1.165, 1.54) is 13.2 Å². The molecule has 2 rings (SSSR count). The smallest absolute Gasteiger partial charge is 0.416 e. The van der Waals surface area contributed by atoms with Crippen LogP contribution in [0.2, 0.25) is 0 Å². The molecule has 0 fully saturated rings. The molecule has 0 unspecified atom stereocenters. The molecule has 0 aliphatic rings. The van der Waals surface area contributed by atoms with Gasteiger partial charge in [0.15, 0.2) is 0 Å². The number of benzene rings is 2. The van der Waals surface area contributed by atoms with Crippen LogP contribution in [0.25, 0.3) is 11.1 Å². The number of ether oxygens (including phenoxy) is 1. The van der Waals surface area contributed by atoms with Gasteiger partial charge in [-0.05, 0) is 42.3 Å². The maximum Gasteiger partial charge on any atom is 0.416 e. The summed E-state index contributed by atoms with van der Waals surface area (Å²) >= 11 is 0. The van der Waals surface area contributed by atoms with Crippen LogP contribution in [0.5, 0.6) is 5.75 Å². The normalized spacial score (nSPS) is 11.4. The number of hydrogen-bond donors (Lipinski definition) is 0. The Balaban J connectivity index is 2.60. The molecule has 0 atom stereocenters. The topological polar surface area (TPSA) is 9.23 Å². The van der Waals surface area contributed by atoms with E-state index in [2.05, 4.69) is 6.07 Å². The second-order valence-corrected chi connectivity index (χ2v) is 4.17. The zero-order valence-corrected chi connectivity index (χ0v) is 10.5. The zero-order chi connectivity index (χ0) is 14.0. The van der Waals surface area contributed by atoms with E-state index in [9.17, 15) is 13.2 Å². The summed E-state index contributed by atoms with van der Waals surface area (Å²) in [6.45, 7) is 1.84. The maximum atomic E-state index is 12.8. The zero-order valence-electron chi connectivity index (χ0n) is 10.5. The average molecular weight is 265 g/mol. The van der Waals surface area contributed by atoms with Crippen LogP contribution in [-0.2, 0) is 6.18 Å². The van der Waals surface area contributed by atoms with Crippen molar-refractivity contribution >= 4 is 0 Å². The molecule has 4 heteroatoms. The molecule has 0 spiro atoms. The number of aryl methyl sites for hydroxylation is 1. The van der Waals surface area contributed by atoms with Crippen molar-refractivity contribution in [2.24, 2.45) is 0 Å². The van der Waals surface area contributed by atoms with E-state index in [1.807, 2.05) is 6.92 Å². The van der Waals surface area contributed by atoms with Crippen molar-refractivity contribution in [1.82, 2.24) is 0 Å². The van der Waals surface area contributed by atoms with Gasteiger partial charge in [0, 0.05) is 5.56 Å². The predicted molar refractivity (Wildman–Crippen MR) is 67.0 cm³/mol. The average Bonchev–Trinajstić information content (AvgIpc) is 2.37. The summed E-state index contributed by atoms with van der Waals surface area (Å²) in [6, 6.07) is 11.6. The Hall–Kier alpha value is -1.97. The first-order valence-electron chi connectivity index (χ1n) is 5.66. The third-order valence-corrected chi connectivity index (χ3v) is 2.78. The summed E-state index contributed by atoms with van der Waals surface area (Å²) in [5.41, 5.74) is 1.28. The fourth-order valence-electron chi connectivity index (χ4n) is 1.86. The molecule has 0 saturated heterocycles. The van der Waals surface area contributed by atoms with Gasteiger partial charge in [-0.3, -0.25) is 0 Å². The van der Waals surface area contributed by atoms with Crippen molar-refractivity contribution < 1.29 is 17.9 Å². The van der Waals surface area contributed by atoms with Gasteiger partial charge in [-0.2, -0.15) is 13.2 Å². The Kier molecular flexibility index (Phi) is 3.51. The number of rotatable bonds is 2. The summed E-state index contributed by atoms with van der Waals surface area (Å²) in [6.07, 6.45) is -4.36. The van der Waals surface area contributed by atoms with Crippen molar-refractivity contribution in [2.75, 3.05) is 7.11 Å². The molecular weight excluding hydrogens is 253 g/mol. The fourth-order valence-corrected chi connectivity index (χ4v) is 1.86. The highest BCUT2D eigenvalue weighted by Gasteiger charge is 2.31. The monoisotopic (exact) mass is 265 g/mol. The van der Waals surface area contributed by atoms with Gasteiger partial charge in [0.2, 0.25) is 0 Å². The molecule has 1 nitrogen and oxygen atoms in total. The molecule has 2 aromatic carbocycles. The Bertz CT molecular complexity index is 588. The van der Waals surface area contributed by atoms with Gasteiger partial charge in [-0.15, -0.1) is 0 Å². The first-order valence-corrected chi connectivity index (χ1v) is 5.66. The van der Waals surface area contributed by atoms with Gasteiger partial charge >= 0.3 is 6.18 Å². The minimum absolute atomic E-state index is 0.415. The molecule has 99 valence electrons. The van der Waals surface area contributed by atoms with E-state index in [-0.39, 0.29) is 0 Å². The molecule has 19 heavy (non-hydrogen) atoms. The summed E-state index contributed by atoms with van der Waals surface area (Å²) in [5.74, 6) is 0.415. The third kappa shape index (κ3) is 2.89. The quantitative estimate of drug-likeness (QED) is 0.777. The molecule has 1 radical (unpaired) electrons. The Morgan fingerprint density at radius 2 is 1.84 bits per heavy atom. The first kappa shape index (κ1) is 13.5. The molecule has 0 heterocycles. The number of methoxy groups -OCH3 is 1. The Morgan fingerprint density at radius 1 is 1.11 bits per heavy atom. The van der Waals surface area contributed by atoms with Crippen LogP contribution in [0.4, 0.5) is 13.2 Å². The highest BCUT2D eigenvalue weighted by molar-refractivity contribution is 5.71. The lowest BCUT2D eigenvalue weighted by Crippen LogP contribution is -2.05. The second kappa shape index (κ2) is 4.96. The Labute approximate surface area is 109 Å². The van der Waals surface area contributed by atoms with Crippen molar-refractivity contribution in [2.45, 2.75) is 13.1 Å². The molecule has 0 bridgehead atoms. The van der Waals surface area contributed by atoms with Crippen LogP contribution in [0, 0.1) is 13.0 Å². The van der Waals surface area contributed by atoms with Crippen LogP contribution in [-0.4, -0.2) is 7.11 Å². The SMILES string of the molecule is COc1ccc(C(F)(F)F)cc1-c1cc[c]c(C)c1. The van der Waals surface area contributed by atoms with Crippen LogP contribution in [0.1, 0.15) is 11.1 Å². The fraction of sp³-hybridized carbons (Fsp3) is 0.200. The molecule has 0 aliphatic carbocycles. The van der Waals surface area contributed by atoms with E-state index < -0.39 is 11.7 Å². The molecule has 0 N–H and O–H groups in total. The summed E-state index contributed by atoms with van der Waals surface area (Å²) in [7, 11) is 1.44. The van der Waals surface area contributed by atoms with Gasteiger partial charge in [0.05, 0.1) is 12.7 Å². The van der Waals surface area contributed by atoms with Crippen LogP contribution < -0.4 is 4.74 Å². The standard InChI is InChI=1S/C15H12F3O/c1-10-4-3-5-11(8-10)13-9-12(15(16,17)18)6-7-14(13)19-2/h3,5-9H,1-2H3. The van der Waals surface area contributed by atoms with E-state index in [0.717, 1.165) is 17.7 Å². The highest BCUT2D eigenvalue weighted by Crippen LogP contribution is 2.37. The van der Waals surface area contributed by atoms with Gasteiger partial charge in [-0.1, -0.05) is 18.2 Å². The molecular formula is C15H12F3O. The van der Waals surface area contributed by atoms with Gasteiger partial charge in [-0.25, -0.2) is 0 Å². The van der Waals surface area contributed by atoms with Crippen LogP contribution in [0.15, 0.2) is 36.4 Å². The molecule has 0 amide bonds. The molecule has 0 aliphatic heterocycles. The van der Waals surface area contributed by atoms with Crippen molar-refractivity contribution in [3.8, 4) is 16.9 Å². The second-order valence-electron chi connectivity index (χ2n) is 4.17. The summed E-state index contributed by atoms with van der Waals surface area (Å²) < 4.78 is 43.4. The van der Waals surface area contributed by atoms with E-state index >= 15 is 0 Å². The minimum atomic E-state index is -4.36. The van der Waals surface area contributed by atoms with Crippen molar-refractivity contribution in [3.05, 3.63) is 53.6 Å². The summed E-state index contributed by atoms with van der Waals surface area (Å²) in [5, 5.41) is 0. The predicted octanol–water partition coefficient (Wildman–Crippen LogP) is 4.49. The number of hydrogen-bond acceptors (Lipinski definition) is 1. The lowest BCUT2D eigenvalue weighted by molar-refractivity contribution is -0.137. The number of alkyl halides is 3. The first-order chi connectivity index (χ1) is 8.91. The van der Waals surface area contributed by atoms with Gasteiger partial charge in [0.25, 0.3) is 0 Å². The van der Waals surface area contributed by atoms with Crippen molar-refractivity contribution in [3.63, 3.8) is 0 Å². The van der Waals surface area contributed by atoms with Gasteiger partial charge < -0.3 is 4.74 Å². The van der Waals surface area contributed by atoms with Crippen LogP contribution in [0.3, 0.4) is 0 Å². The molecule has 0 aromatic heterocycles. The third-order valence-electron chi connectivity index (χ3n) is 2.78. The Morgan fingerprint density at radius 3 is 2.42 bits per heavy atom. The molecule has 2 aromatic rings. The van der Waals surface area contributed by atoms with E-state index in [0.29, 0.717) is 16.9 Å². The van der Waals surface area contributed by atoms with Gasteiger partial charge in [0.1, 0.15) is 5.75 Å². The largest absolute Gasteiger partial charge is 0.496 e. The van der Waals surface area contributed by atoms with Crippen LogP contribution >= 0.6 is 0 Å². The lowest BCUT2D eigenvalue weighted by atomic mass is 10.00. The van der Waals surface area contributed by atoms with E-state index in [4.69, 9.17) is 4.74 Å². The van der Waals surface area contributed by atoms with E-state index in [1.54, 1.807) is 18.2 Å². The maximum absolute atomic E-state index is 12.8. The lowest BCUT2D eigenvalue weighted by Gasteiger charge is -2.13. The summed E-state index contributed by atoms with van der Waals surface area (Å²) in [4.78, 5) is 0. The molecule has 0 saturated carbocycles. The highest BCUT2D eigenvalue weighted by atomic mass is 19.4.